The van der Waals surface area contributed by atoms with E-state index in [0.29, 0.717) is 12.8 Å². The third-order valence-corrected chi connectivity index (χ3v) is 10.1. The molecule has 0 aromatic heterocycles. The predicted molar refractivity (Wildman–Crippen MR) is 225 cm³/mol. The Bertz CT molecular complexity index is 973. The van der Waals surface area contributed by atoms with Crippen LogP contribution in [0.15, 0.2) is 36.5 Å². The van der Waals surface area contributed by atoms with Crippen molar-refractivity contribution < 1.29 is 37.9 Å². The Hall–Kier alpha value is -1.73. The van der Waals surface area contributed by atoms with Crippen LogP contribution in [-0.4, -0.2) is 41.0 Å². The third-order valence-electron chi connectivity index (χ3n) is 9.63. The van der Waals surface area contributed by atoms with Gasteiger partial charge >= 0.3 is 19.8 Å². The molecule has 2 N–H and O–H groups in total. The second kappa shape index (κ2) is 40.9. The zero-order chi connectivity index (χ0) is 39.6. The molecule has 0 saturated heterocycles. The zero-order valence-electron chi connectivity index (χ0n) is 34.9. The monoisotopic (exact) mass is 783 g/mol. The molecule has 0 heterocycles. The minimum Gasteiger partial charge on any atom is -0.462 e. The summed E-state index contributed by atoms with van der Waals surface area (Å²) in [4.78, 5) is 42.9. The smallest absolute Gasteiger partial charge is 0.462 e. The minimum absolute atomic E-state index is 0.209. The van der Waals surface area contributed by atoms with E-state index in [4.69, 9.17) is 19.3 Å². The third kappa shape index (κ3) is 43.0. The topological polar surface area (TPSA) is 119 Å². The summed E-state index contributed by atoms with van der Waals surface area (Å²) in [5.74, 6) is -0.896. The first-order valence-corrected chi connectivity index (χ1v) is 23.8. The molecule has 9 heteroatoms. The fourth-order valence-electron chi connectivity index (χ4n) is 6.28. The van der Waals surface area contributed by atoms with E-state index in [-0.39, 0.29) is 19.4 Å². The van der Waals surface area contributed by atoms with Crippen LogP contribution in [0.3, 0.4) is 0 Å². The number of rotatable bonds is 41. The molecule has 1 atom stereocenters. The second-order valence-corrected chi connectivity index (χ2v) is 16.3. The number of carbonyl (C=O) groups is 2. The van der Waals surface area contributed by atoms with Crippen LogP contribution in [0.25, 0.3) is 0 Å². The van der Waals surface area contributed by atoms with Crippen LogP contribution < -0.4 is 0 Å². The number of esters is 2. The number of hydrogen-bond acceptors (Lipinski definition) is 6. The van der Waals surface area contributed by atoms with Gasteiger partial charge < -0.3 is 19.3 Å². The normalized spacial score (nSPS) is 12.7. The van der Waals surface area contributed by atoms with Gasteiger partial charge in [0.15, 0.2) is 6.10 Å². The van der Waals surface area contributed by atoms with Crippen LogP contribution in [0.2, 0.25) is 0 Å². The number of unbranched alkanes of at least 4 members (excludes halogenated alkanes) is 25. The molecule has 0 fully saturated rings. The number of ether oxygens (including phenoxy) is 2. The van der Waals surface area contributed by atoms with Gasteiger partial charge in [0.05, 0.1) is 6.61 Å². The van der Waals surface area contributed by atoms with Crippen molar-refractivity contribution in [3.05, 3.63) is 36.5 Å². The molecule has 0 rings (SSSR count). The molecule has 0 unspecified atom stereocenters. The molecule has 0 aromatic rings. The maximum absolute atomic E-state index is 12.4. The van der Waals surface area contributed by atoms with Gasteiger partial charge in [-0.3, -0.25) is 14.1 Å². The van der Waals surface area contributed by atoms with E-state index >= 15 is 0 Å². The van der Waals surface area contributed by atoms with E-state index in [1.54, 1.807) is 0 Å². The maximum Gasteiger partial charge on any atom is 0.469 e. The Morgan fingerprint density at radius 3 is 1.28 bits per heavy atom. The number of carbonyl (C=O) groups excluding carboxylic acids is 2. The highest BCUT2D eigenvalue weighted by atomic mass is 31.2. The van der Waals surface area contributed by atoms with Crippen molar-refractivity contribution in [3.8, 4) is 0 Å². The molecule has 316 valence electrons. The summed E-state index contributed by atoms with van der Waals surface area (Å²) < 4.78 is 26.4. The van der Waals surface area contributed by atoms with Gasteiger partial charge in [-0.2, -0.15) is 0 Å². The van der Waals surface area contributed by atoms with Gasteiger partial charge in [-0.25, -0.2) is 4.57 Å². The molecule has 0 aromatic carbocycles. The van der Waals surface area contributed by atoms with E-state index in [2.05, 4.69) is 54.8 Å². The van der Waals surface area contributed by atoms with Crippen LogP contribution >= 0.6 is 7.82 Å². The molecular weight excluding hydrogens is 699 g/mol. The fraction of sp³-hybridized carbons (Fsp3) is 0.822. The van der Waals surface area contributed by atoms with Gasteiger partial charge in [0.25, 0.3) is 0 Å². The SMILES string of the molecule is CCCCC/C=C/C/C=C/CCCCCCCC(=O)OC[C@H](COP(=O)(O)O)OC(=O)CCCCCCCCCCCCC/C=C/CCCCCCCC. The van der Waals surface area contributed by atoms with Crippen LogP contribution in [0.5, 0.6) is 0 Å². The molecule has 0 aliphatic heterocycles. The number of hydrogen-bond donors (Lipinski definition) is 2. The highest BCUT2D eigenvalue weighted by Gasteiger charge is 2.22. The molecule has 0 bridgehead atoms. The van der Waals surface area contributed by atoms with Crippen molar-refractivity contribution in [2.45, 2.75) is 225 Å². The predicted octanol–water partition coefficient (Wildman–Crippen LogP) is 13.7. The highest BCUT2D eigenvalue weighted by Crippen LogP contribution is 2.36. The quantitative estimate of drug-likeness (QED) is 0.0272. The minimum atomic E-state index is -4.76. The molecule has 0 amide bonds. The molecule has 0 aliphatic carbocycles. The summed E-state index contributed by atoms with van der Waals surface area (Å²) in [5.41, 5.74) is 0. The lowest BCUT2D eigenvalue weighted by Gasteiger charge is -2.18. The summed E-state index contributed by atoms with van der Waals surface area (Å²) in [5, 5.41) is 0. The van der Waals surface area contributed by atoms with Gasteiger partial charge in [-0.15, -0.1) is 0 Å². The average Bonchev–Trinajstić information content (AvgIpc) is 3.14. The van der Waals surface area contributed by atoms with Crippen molar-refractivity contribution in [2.24, 2.45) is 0 Å². The Morgan fingerprint density at radius 2 is 0.833 bits per heavy atom. The van der Waals surface area contributed by atoms with Gasteiger partial charge in [-0.1, -0.05) is 172 Å². The van der Waals surface area contributed by atoms with E-state index < -0.39 is 32.5 Å². The first-order chi connectivity index (χ1) is 26.3. The number of allylic oxidation sites excluding steroid dienone is 6. The van der Waals surface area contributed by atoms with Crippen LogP contribution in [-0.2, 0) is 28.2 Å². The van der Waals surface area contributed by atoms with Gasteiger partial charge in [0, 0.05) is 12.8 Å². The Kier molecular flexibility index (Phi) is 39.6. The summed E-state index contributed by atoms with van der Waals surface area (Å²) in [6.45, 7) is 3.66. The van der Waals surface area contributed by atoms with Crippen molar-refractivity contribution in [1.29, 1.82) is 0 Å². The Morgan fingerprint density at radius 1 is 0.481 bits per heavy atom. The molecule has 0 spiro atoms. The summed E-state index contributed by atoms with van der Waals surface area (Å²) in [7, 11) is -4.76. The number of phosphoric ester groups is 1. The number of phosphoric acid groups is 1. The van der Waals surface area contributed by atoms with Gasteiger partial charge in [-0.05, 0) is 70.6 Å². The maximum atomic E-state index is 12.4. The standard InChI is InChI=1S/C45H83O8P/c1-3-5-7-9-11-13-15-17-19-20-21-22-23-24-26-28-30-32-34-36-38-40-45(47)53-43(42-52-54(48,49)50)41-51-44(46)39-37-35-33-31-29-27-25-18-16-14-12-10-8-6-4-2/h12,14,17-19,25,43H,3-11,13,15-16,20-24,26-42H2,1-2H3,(H2,48,49,50)/b14-12+,19-17+,25-18+/t43-/m1/s1. The second-order valence-electron chi connectivity index (χ2n) is 15.0. The summed E-state index contributed by atoms with van der Waals surface area (Å²) >= 11 is 0. The molecular formula is C45H83O8P. The average molecular weight is 783 g/mol. The van der Waals surface area contributed by atoms with Crippen molar-refractivity contribution in [2.75, 3.05) is 13.2 Å². The first kappa shape index (κ1) is 52.3. The lowest BCUT2D eigenvalue weighted by Crippen LogP contribution is -2.29. The molecule has 0 aliphatic rings. The zero-order valence-corrected chi connectivity index (χ0v) is 35.8. The van der Waals surface area contributed by atoms with Crippen molar-refractivity contribution in [1.82, 2.24) is 0 Å². The van der Waals surface area contributed by atoms with Crippen LogP contribution in [0.4, 0.5) is 0 Å². The first-order valence-electron chi connectivity index (χ1n) is 22.3. The van der Waals surface area contributed by atoms with Gasteiger partial charge in [0.2, 0.25) is 0 Å². The van der Waals surface area contributed by atoms with Crippen molar-refractivity contribution >= 4 is 19.8 Å². The fourth-order valence-corrected chi connectivity index (χ4v) is 6.64. The van der Waals surface area contributed by atoms with E-state index in [1.165, 1.54) is 122 Å². The molecule has 0 radical (unpaired) electrons. The van der Waals surface area contributed by atoms with E-state index in [9.17, 15) is 14.2 Å². The molecule has 54 heavy (non-hydrogen) atoms. The lowest BCUT2D eigenvalue weighted by molar-refractivity contribution is -0.161. The van der Waals surface area contributed by atoms with E-state index in [0.717, 1.165) is 57.8 Å². The van der Waals surface area contributed by atoms with E-state index in [1.807, 2.05) is 0 Å². The Labute approximate surface area is 332 Å². The molecule has 0 saturated carbocycles. The molecule has 8 nitrogen and oxygen atoms in total. The van der Waals surface area contributed by atoms with Gasteiger partial charge in [0.1, 0.15) is 6.61 Å². The summed E-state index contributed by atoms with van der Waals surface area (Å²) in [6, 6.07) is 0. The summed E-state index contributed by atoms with van der Waals surface area (Å²) in [6.07, 6.45) is 48.7. The lowest BCUT2D eigenvalue weighted by atomic mass is 10.0. The van der Waals surface area contributed by atoms with Crippen LogP contribution in [0.1, 0.15) is 219 Å². The van der Waals surface area contributed by atoms with Crippen molar-refractivity contribution in [3.63, 3.8) is 0 Å². The Balaban J connectivity index is 3.88. The largest absolute Gasteiger partial charge is 0.469 e. The van der Waals surface area contributed by atoms with Crippen LogP contribution in [0, 0.1) is 0 Å². The highest BCUT2D eigenvalue weighted by molar-refractivity contribution is 7.46.